The molecule has 0 saturated carbocycles. The van der Waals surface area contributed by atoms with Crippen LogP contribution < -0.4 is 5.32 Å². The number of allylic oxidation sites excluding steroid dienone is 1. The summed E-state index contributed by atoms with van der Waals surface area (Å²) in [5.41, 5.74) is 3.33. The van der Waals surface area contributed by atoms with Crippen molar-refractivity contribution in [3.63, 3.8) is 0 Å². The van der Waals surface area contributed by atoms with Gasteiger partial charge >= 0.3 is 0 Å². The molecule has 0 radical (unpaired) electrons. The maximum atomic E-state index is 4.07. The molecule has 0 aliphatic carbocycles. The van der Waals surface area contributed by atoms with E-state index in [0.29, 0.717) is 6.04 Å². The summed E-state index contributed by atoms with van der Waals surface area (Å²) in [6, 6.07) is 0.584. The van der Waals surface area contributed by atoms with Crippen molar-refractivity contribution in [1.82, 2.24) is 10.3 Å². The van der Waals surface area contributed by atoms with Gasteiger partial charge in [-0.15, -0.1) is 11.3 Å². The van der Waals surface area contributed by atoms with Crippen molar-refractivity contribution in [2.75, 3.05) is 6.54 Å². The molecule has 0 atom stereocenters. The summed E-state index contributed by atoms with van der Waals surface area (Å²) in [4.78, 5) is 5.42. The summed E-state index contributed by atoms with van der Waals surface area (Å²) in [5, 5.41) is 3.41. The second-order valence-corrected chi connectivity index (χ2v) is 5.06. The maximum absolute atomic E-state index is 4.07. The number of hydrogen-bond acceptors (Lipinski definition) is 3. The zero-order valence-electron chi connectivity index (χ0n) is 9.79. The van der Waals surface area contributed by atoms with Crippen LogP contribution in [0.1, 0.15) is 32.1 Å². The van der Waals surface area contributed by atoms with Crippen LogP contribution in [0.3, 0.4) is 0 Å². The predicted molar refractivity (Wildman–Crippen MR) is 67.3 cm³/mol. The quantitative estimate of drug-likeness (QED) is 0.593. The third-order valence-corrected chi connectivity index (χ3v) is 2.91. The van der Waals surface area contributed by atoms with E-state index in [0.717, 1.165) is 19.4 Å². The summed E-state index contributed by atoms with van der Waals surface area (Å²) in [7, 11) is 0. The molecule has 0 spiro atoms. The topological polar surface area (TPSA) is 24.9 Å². The molecular formula is C12H20N2S. The number of thiazole rings is 1. The van der Waals surface area contributed by atoms with Gasteiger partial charge in [-0.25, -0.2) is 0 Å². The lowest BCUT2D eigenvalue weighted by atomic mass is 10.1. The summed E-state index contributed by atoms with van der Waals surface area (Å²) in [5.74, 6) is 0. The number of rotatable bonds is 6. The Morgan fingerprint density at radius 3 is 3.00 bits per heavy atom. The van der Waals surface area contributed by atoms with Crippen LogP contribution in [-0.4, -0.2) is 17.6 Å². The Labute approximate surface area is 96.4 Å². The van der Waals surface area contributed by atoms with Gasteiger partial charge in [-0.05, 0) is 19.9 Å². The highest BCUT2D eigenvalue weighted by Gasteiger charge is 1.96. The van der Waals surface area contributed by atoms with Gasteiger partial charge in [0.1, 0.15) is 0 Å². The lowest BCUT2D eigenvalue weighted by Crippen LogP contribution is -2.23. The van der Waals surface area contributed by atoms with Crippen LogP contribution in [0.5, 0.6) is 0 Å². The van der Waals surface area contributed by atoms with Gasteiger partial charge in [0.2, 0.25) is 0 Å². The average molecular weight is 224 g/mol. The van der Waals surface area contributed by atoms with Crippen LogP contribution in [-0.2, 0) is 6.42 Å². The first-order valence-electron chi connectivity index (χ1n) is 5.45. The van der Waals surface area contributed by atoms with Crippen LogP contribution in [0, 0.1) is 0 Å². The van der Waals surface area contributed by atoms with Crippen LogP contribution in [0.4, 0.5) is 0 Å². The Morgan fingerprint density at radius 2 is 2.40 bits per heavy atom. The molecule has 0 amide bonds. The van der Waals surface area contributed by atoms with Crippen LogP contribution in [0.2, 0.25) is 0 Å². The Kier molecular flexibility index (Phi) is 5.58. The van der Waals surface area contributed by atoms with E-state index < -0.39 is 0 Å². The van der Waals surface area contributed by atoms with Crippen LogP contribution in [0.25, 0.3) is 0 Å². The highest BCUT2D eigenvalue weighted by atomic mass is 32.1. The van der Waals surface area contributed by atoms with Crippen molar-refractivity contribution in [3.05, 3.63) is 28.2 Å². The molecule has 2 nitrogen and oxygen atoms in total. The molecule has 0 saturated heterocycles. The highest BCUT2D eigenvalue weighted by Crippen LogP contribution is 2.11. The molecule has 1 N–H and O–H groups in total. The van der Waals surface area contributed by atoms with Crippen molar-refractivity contribution in [3.8, 4) is 0 Å². The number of nitrogens with one attached hydrogen (secondary N) is 1. The van der Waals surface area contributed by atoms with Gasteiger partial charge in [0.15, 0.2) is 0 Å². The van der Waals surface area contributed by atoms with E-state index in [9.17, 15) is 0 Å². The van der Waals surface area contributed by atoms with E-state index in [1.54, 1.807) is 11.3 Å². The van der Waals surface area contributed by atoms with Crippen molar-refractivity contribution < 1.29 is 0 Å². The van der Waals surface area contributed by atoms with Gasteiger partial charge < -0.3 is 5.32 Å². The zero-order valence-corrected chi connectivity index (χ0v) is 10.6. The lowest BCUT2D eigenvalue weighted by molar-refractivity contribution is 0.594. The van der Waals surface area contributed by atoms with E-state index >= 15 is 0 Å². The van der Waals surface area contributed by atoms with Crippen molar-refractivity contribution in [2.24, 2.45) is 0 Å². The molecule has 15 heavy (non-hydrogen) atoms. The second-order valence-electron chi connectivity index (χ2n) is 4.09. The van der Waals surface area contributed by atoms with Gasteiger partial charge in [-0.1, -0.05) is 25.5 Å². The smallest absolute Gasteiger partial charge is 0.0794 e. The molecule has 3 heteroatoms. The van der Waals surface area contributed by atoms with E-state index in [1.807, 2.05) is 11.7 Å². The number of aromatic nitrogens is 1. The summed E-state index contributed by atoms with van der Waals surface area (Å²) >= 11 is 1.73. The molecule has 1 rings (SSSR count). The van der Waals surface area contributed by atoms with Gasteiger partial charge in [0.05, 0.1) is 5.51 Å². The minimum Gasteiger partial charge on any atom is -0.314 e. The maximum Gasteiger partial charge on any atom is 0.0794 e. The Morgan fingerprint density at radius 1 is 1.60 bits per heavy atom. The molecule has 1 aromatic heterocycles. The Hall–Kier alpha value is -0.670. The second kappa shape index (κ2) is 6.75. The van der Waals surface area contributed by atoms with Gasteiger partial charge in [-0.2, -0.15) is 0 Å². The van der Waals surface area contributed by atoms with Crippen LogP contribution >= 0.6 is 11.3 Å². The Bertz CT molecular complexity index is 289. The van der Waals surface area contributed by atoms with Gasteiger partial charge in [0, 0.05) is 23.5 Å². The molecular weight excluding hydrogens is 204 g/mol. The largest absolute Gasteiger partial charge is 0.314 e. The fraction of sp³-hybridized carbons (Fsp3) is 0.583. The monoisotopic (exact) mass is 224 g/mol. The van der Waals surface area contributed by atoms with Crippen LogP contribution in [0.15, 0.2) is 23.4 Å². The zero-order chi connectivity index (χ0) is 11.1. The Balaban J connectivity index is 2.22. The molecule has 1 heterocycles. The van der Waals surface area contributed by atoms with E-state index in [4.69, 9.17) is 0 Å². The molecule has 0 unspecified atom stereocenters. The van der Waals surface area contributed by atoms with Gasteiger partial charge in [-0.3, -0.25) is 4.98 Å². The summed E-state index contributed by atoms with van der Waals surface area (Å²) in [6.07, 6.45) is 6.43. The summed E-state index contributed by atoms with van der Waals surface area (Å²) in [6.45, 7) is 7.61. The first kappa shape index (κ1) is 12.4. The molecule has 0 bridgehead atoms. The number of nitrogens with zero attached hydrogens (tertiary/aromatic N) is 1. The fourth-order valence-corrected chi connectivity index (χ4v) is 2.06. The third kappa shape index (κ3) is 5.70. The molecule has 0 fully saturated rings. The van der Waals surface area contributed by atoms with Crippen molar-refractivity contribution >= 4 is 11.3 Å². The normalized spacial score (nSPS) is 12.4. The predicted octanol–water partition coefficient (Wildman–Crippen LogP) is 3.02. The number of hydrogen-bond donors (Lipinski definition) is 1. The van der Waals surface area contributed by atoms with Crippen molar-refractivity contribution in [2.45, 2.75) is 39.7 Å². The third-order valence-electron chi connectivity index (χ3n) is 2.13. The van der Waals surface area contributed by atoms with E-state index in [2.05, 4.69) is 37.1 Å². The highest BCUT2D eigenvalue weighted by molar-refractivity contribution is 7.09. The minimum atomic E-state index is 0.584. The molecule has 1 aromatic rings. The lowest BCUT2D eigenvalue weighted by Gasteiger charge is -2.05. The van der Waals surface area contributed by atoms with Gasteiger partial charge in [0.25, 0.3) is 0 Å². The first-order valence-corrected chi connectivity index (χ1v) is 6.33. The molecule has 0 aliphatic heterocycles. The molecule has 0 aliphatic rings. The van der Waals surface area contributed by atoms with Crippen molar-refractivity contribution in [1.29, 1.82) is 0 Å². The average Bonchev–Trinajstić information content (AvgIpc) is 2.64. The molecule has 0 aromatic carbocycles. The van der Waals surface area contributed by atoms with E-state index in [1.165, 1.54) is 10.5 Å². The molecule has 84 valence electrons. The summed E-state index contributed by atoms with van der Waals surface area (Å²) < 4.78 is 0. The minimum absolute atomic E-state index is 0.584. The first-order chi connectivity index (χ1) is 7.18. The van der Waals surface area contributed by atoms with E-state index in [-0.39, 0.29) is 0 Å². The fourth-order valence-electron chi connectivity index (χ4n) is 1.37. The SMILES string of the molecule is C/C(=C/CCNC(C)C)Cc1cncs1. The standard InChI is InChI=1S/C12H20N2S/c1-10(2)14-6-4-5-11(3)7-12-8-13-9-15-12/h5,8-10,14H,4,6-7H2,1-3H3/b11-5-.